The van der Waals surface area contributed by atoms with Crippen molar-refractivity contribution in [3.63, 3.8) is 0 Å². The summed E-state index contributed by atoms with van der Waals surface area (Å²) in [7, 11) is 1.76. The first-order chi connectivity index (χ1) is 8.83. The molecule has 1 unspecified atom stereocenters. The summed E-state index contributed by atoms with van der Waals surface area (Å²) in [5.41, 5.74) is 2.76. The largest absolute Gasteiger partial charge is 0.493 e. The molecule has 1 aliphatic heterocycles. The lowest BCUT2D eigenvalue weighted by molar-refractivity contribution is 0.163. The maximum atomic E-state index is 5.52. The highest BCUT2D eigenvalue weighted by molar-refractivity contribution is 5.39. The molecule has 2 rings (SSSR count). The quantitative estimate of drug-likeness (QED) is 0.803. The summed E-state index contributed by atoms with van der Waals surface area (Å²) in [5, 5.41) is 3.46. The Hall–Kier alpha value is -1.06. The van der Waals surface area contributed by atoms with E-state index in [0.29, 0.717) is 6.04 Å². The molecule has 1 N–H and O–H groups in total. The van der Waals surface area contributed by atoms with E-state index in [1.54, 1.807) is 7.11 Å². The minimum absolute atomic E-state index is 0.449. The predicted molar refractivity (Wildman–Crippen MR) is 73.3 cm³/mol. The van der Waals surface area contributed by atoms with Gasteiger partial charge in [0.25, 0.3) is 0 Å². The first-order valence-corrected chi connectivity index (χ1v) is 6.80. The van der Waals surface area contributed by atoms with Crippen LogP contribution < -0.4 is 10.1 Å². The molecule has 0 saturated heterocycles. The van der Waals surface area contributed by atoms with Crippen LogP contribution in [0.15, 0.2) is 18.2 Å². The Morgan fingerprint density at radius 2 is 2.33 bits per heavy atom. The van der Waals surface area contributed by atoms with Crippen molar-refractivity contribution in [1.29, 1.82) is 0 Å². The van der Waals surface area contributed by atoms with Gasteiger partial charge in [0.1, 0.15) is 5.75 Å². The molecule has 18 heavy (non-hydrogen) atoms. The fourth-order valence-electron chi connectivity index (χ4n) is 2.47. The van der Waals surface area contributed by atoms with Crippen molar-refractivity contribution in [3.05, 3.63) is 29.3 Å². The number of hydrogen-bond donors (Lipinski definition) is 1. The highest BCUT2D eigenvalue weighted by Crippen LogP contribution is 2.26. The predicted octanol–water partition coefficient (Wildman–Crippen LogP) is 2.18. The van der Waals surface area contributed by atoms with Crippen molar-refractivity contribution >= 4 is 0 Å². The Morgan fingerprint density at radius 1 is 1.44 bits per heavy atom. The van der Waals surface area contributed by atoms with Crippen LogP contribution in [0.5, 0.6) is 5.75 Å². The Labute approximate surface area is 109 Å². The van der Waals surface area contributed by atoms with E-state index in [-0.39, 0.29) is 0 Å². The molecule has 1 atom stereocenters. The number of nitrogens with one attached hydrogen (secondary N) is 1. The van der Waals surface area contributed by atoms with Crippen molar-refractivity contribution in [2.75, 3.05) is 26.9 Å². The Balaban J connectivity index is 1.88. The lowest BCUT2D eigenvalue weighted by Gasteiger charge is -2.16. The monoisotopic (exact) mass is 249 g/mol. The van der Waals surface area contributed by atoms with E-state index in [2.05, 4.69) is 30.4 Å². The molecule has 1 aromatic carbocycles. The molecule has 0 amide bonds. The molecule has 0 radical (unpaired) electrons. The first kappa shape index (κ1) is 13.4. The van der Waals surface area contributed by atoms with E-state index >= 15 is 0 Å². The minimum Gasteiger partial charge on any atom is -0.493 e. The molecule has 0 saturated carbocycles. The summed E-state index contributed by atoms with van der Waals surface area (Å²) >= 11 is 0. The van der Waals surface area contributed by atoms with Gasteiger partial charge in [-0.1, -0.05) is 19.1 Å². The molecule has 1 aromatic rings. The van der Waals surface area contributed by atoms with Gasteiger partial charge >= 0.3 is 0 Å². The van der Waals surface area contributed by atoms with E-state index in [0.717, 1.165) is 44.8 Å². The van der Waals surface area contributed by atoms with E-state index in [1.807, 2.05) is 0 Å². The first-order valence-electron chi connectivity index (χ1n) is 6.80. The standard InChI is InChI=1S/C15H23NO2/c1-3-16-14(11-17-2)6-4-12-5-7-15-13(10-12)8-9-18-15/h5,7,10,14,16H,3-4,6,8-9,11H2,1-2H3. The fraction of sp³-hybridized carbons (Fsp3) is 0.600. The van der Waals surface area contributed by atoms with Crippen LogP contribution in [0.25, 0.3) is 0 Å². The van der Waals surface area contributed by atoms with Crippen LogP contribution in [-0.2, 0) is 17.6 Å². The lowest BCUT2D eigenvalue weighted by Crippen LogP contribution is -2.33. The number of likely N-dealkylation sites (N-methyl/N-ethyl adjacent to an activating group) is 1. The van der Waals surface area contributed by atoms with Crippen LogP contribution in [0.2, 0.25) is 0 Å². The summed E-state index contributed by atoms with van der Waals surface area (Å²) < 4.78 is 10.8. The summed E-state index contributed by atoms with van der Waals surface area (Å²) in [6.45, 7) is 4.74. The molecule has 3 nitrogen and oxygen atoms in total. The summed E-state index contributed by atoms with van der Waals surface area (Å²) in [6.07, 6.45) is 3.26. The molecule has 0 fully saturated rings. The molecule has 1 heterocycles. The number of aryl methyl sites for hydroxylation is 1. The third-order valence-electron chi connectivity index (χ3n) is 3.40. The summed E-state index contributed by atoms with van der Waals surface area (Å²) in [4.78, 5) is 0. The Kier molecular flexibility index (Phi) is 5.02. The zero-order valence-electron chi connectivity index (χ0n) is 11.4. The Morgan fingerprint density at radius 3 is 3.11 bits per heavy atom. The number of fused-ring (bicyclic) bond motifs is 1. The molecule has 100 valence electrons. The lowest BCUT2D eigenvalue weighted by atomic mass is 10.0. The van der Waals surface area contributed by atoms with Crippen molar-refractivity contribution in [2.45, 2.75) is 32.2 Å². The second kappa shape index (κ2) is 6.76. The number of hydrogen-bond acceptors (Lipinski definition) is 3. The average Bonchev–Trinajstić information content (AvgIpc) is 2.84. The second-order valence-electron chi connectivity index (χ2n) is 4.79. The summed E-state index contributed by atoms with van der Waals surface area (Å²) in [6, 6.07) is 7.03. The Bertz CT molecular complexity index is 373. The third kappa shape index (κ3) is 3.47. The molecule has 0 aliphatic carbocycles. The number of methoxy groups -OCH3 is 1. The van der Waals surface area contributed by atoms with Crippen LogP contribution >= 0.6 is 0 Å². The second-order valence-corrected chi connectivity index (χ2v) is 4.79. The minimum atomic E-state index is 0.449. The van der Waals surface area contributed by atoms with Gasteiger partial charge in [0.2, 0.25) is 0 Å². The SMILES string of the molecule is CCNC(CCc1ccc2c(c1)CCO2)COC. The topological polar surface area (TPSA) is 30.5 Å². The van der Waals surface area contributed by atoms with Gasteiger partial charge < -0.3 is 14.8 Å². The van der Waals surface area contributed by atoms with Crippen molar-refractivity contribution in [3.8, 4) is 5.75 Å². The maximum Gasteiger partial charge on any atom is 0.122 e. The average molecular weight is 249 g/mol. The maximum absolute atomic E-state index is 5.52. The third-order valence-corrected chi connectivity index (χ3v) is 3.40. The van der Waals surface area contributed by atoms with Crippen LogP contribution in [0.1, 0.15) is 24.5 Å². The highest BCUT2D eigenvalue weighted by atomic mass is 16.5. The van der Waals surface area contributed by atoms with Crippen molar-refractivity contribution in [2.24, 2.45) is 0 Å². The van der Waals surface area contributed by atoms with Crippen LogP contribution in [0, 0.1) is 0 Å². The van der Waals surface area contributed by atoms with Crippen molar-refractivity contribution < 1.29 is 9.47 Å². The normalized spacial score (nSPS) is 15.2. The zero-order valence-corrected chi connectivity index (χ0v) is 11.4. The van der Waals surface area contributed by atoms with E-state index in [4.69, 9.17) is 9.47 Å². The number of rotatable bonds is 7. The van der Waals surface area contributed by atoms with Gasteiger partial charge in [-0.05, 0) is 36.6 Å². The van der Waals surface area contributed by atoms with Crippen LogP contribution in [0.3, 0.4) is 0 Å². The zero-order chi connectivity index (χ0) is 12.8. The molecular weight excluding hydrogens is 226 g/mol. The molecule has 1 aliphatic rings. The van der Waals surface area contributed by atoms with Gasteiger partial charge in [-0.2, -0.15) is 0 Å². The molecule has 0 spiro atoms. The van der Waals surface area contributed by atoms with Gasteiger partial charge in [0, 0.05) is 19.6 Å². The van der Waals surface area contributed by atoms with Crippen LogP contribution in [-0.4, -0.2) is 32.9 Å². The van der Waals surface area contributed by atoms with Gasteiger partial charge in [0.05, 0.1) is 13.2 Å². The van der Waals surface area contributed by atoms with Gasteiger partial charge in [0.15, 0.2) is 0 Å². The number of ether oxygens (including phenoxy) is 2. The number of benzene rings is 1. The molecule has 3 heteroatoms. The van der Waals surface area contributed by atoms with Gasteiger partial charge in [-0.15, -0.1) is 0 Å². The van der Waals surface area contributed by atoms with Crippen molar-refractivity contribution in [1.82, 2.24) is 5.32 Å². The van der Waals surface area contributed by atoms with E-state index in [1.165, 1.54) is 11.1 Å². The van der Waals surface area contributed by atoms with E-state index < -0.39 is 0 Å². The summed E-state index contributed by atoms with van der Waals surface area (Å²) in [5.74, 6) is 1.07. The van der Waals surface area contributed by atoms with E-state index in [9.17, 15) is 0 Å². The van der Waals surface area contributed by atoms with Crippen LogP contribution in [0.4, 0.5) is 0 Å². The smallest absolute Gasteiger partial charge is 0.122 e. The van der Waals surface area contributed by atoms with Gasteiger partial charge in [-0.25, -0.2) is 0 Å². The fourth-order valence-corrected chi connectivity index (χ4v) is 2.47. The molecule has 0 aromatic heterocycles. The molecular formula is C15H23NO2. The molecule has 0 bridgehead atoms. The highest BCUT2D eigenvalue weighted by Gasteiger charge is 2.13. The van der Waals surface area contributed by atoms with Gasteiger partial charge in [-0.3, -0.25) is 0 Å².